The van der Waals surface area contributed by atoms with Gasteiger partial charge in [-0.15, -0.1) is 0 Å². The summed E-state index contributed by atoms with van der Waals surface area (Å²) in [6, 6.07) is 15.7. The van der Waals surface area contributed by atoms with E-state index in [0.717, 1.165) is 27.8 Å². The second-order valence-corrected chi connectivity index (χ2v) is 8.10. The lowest BCUT2D eigenvalue weighted by Gasteiger charge is -2.52. The van der Waals surface area contributed by atoms with E-state index in [1.807, 2.05) is 55.6 Å². The van der Waals surface area contributed by atoms with Gasteiger partial charge in [0.2, 0.25) is 11.8 Å². The van der Waals surface area contributed by atoms with Gasteiger partial charge in [0.05, 0.1) is 0 Å². The van der Waals surface area contributed by atoms with E-state index in [9.17, 15) is 9.59 Å². The van der Waals surface area contributed by atoms with Crippen LogP contribution in [0.1, 0.15) is 30.4 Å². The first-order valence-corrected chi connectivity index (χ1v) is 9.92. The van der Waals surface area contributed by atoms with Crippen molar-refractivity contribution in [1.29, 1.82) is 0 Å². The number of para-hydroxylation sites is 2. The third kappa shape index (κ3) is 2.70. The number of aromatic amines is 1. The Bertz CT molecular complexity index is 1120. The summed E-state index contributed by atoms with van der Waals surface area (Å²) in [5.74, 6) is -1.21. The van der Waals surface area contributed by atoms with Crippen molar-refractivity contribution in [2.45, 2.75) is 31.4 Å². The van der Waals surface area contributed by atoms with Crippen LogP contribution in [-0.2, 0) is 16.0 Å². The molecule has 29 heavy (non-hydrogen) atoms. The molecule has 3 heterocycles. The Morgan fingerprint density at radius 3 is 2.83 bits per heavy atom. The number of benzene rings is 2. The molecule has 1 saturated heterocycles. The zero-order chi connectivity index (χ0) is 20.2. The predicted octanol–water partition coefficient (Wildman–Crippen LogP) is 2.94. The summed E-state index contributed by atoms with van der Waals surface area (Å²) in [6.45, 7) is 2.39. The summed E-state index contributed by atoms with van der Waals surface area (Å²) in [4.78, 5) is 30.6. The molecule has 1 aromatic heterocycles. The molecule has 3 N–H and O–H groups in total. The molecular weight excluding hydrogens is 366 g/mol. The van der Waals surface area contributed by atoms with E-state index in [0.29, 0.717) is 19.4 Å². The van der Waals surface area contributed by atoms with Crippen LogP contribution in [0.2, 0.25) is 0 Å². The smallest absolute Gasteiger partial charge is 0.238 e. The highest BCUT2D eigenvalue weighted by atomic mass is 16.5. The summed E-state index contributed by atoms with van der Waals surface area (Å²) in [6.07, 6.45) is 3.19. The first-order chi connectivity index (χ1) is 14.0. The summed E-state index contributed by atoms with van der Waals surface area (Å²) >= 11 is 0. The van der Waals surface area contributed by atoms with Crippen LogP contribution < -0.4 is 10.5 Å². The van der Waals surface area contributed by atoms with E-state index >= 15 is 0 Å². The van der Waals surface area contributed by atoms with Crippen LogP contribution in [0.4, 0.5) is 0 Å². The average Bonchev–Trinajstić information content (AvgIpc) is 3.10. The zero-order valence-electron chi connectivity index (χ0n) is 16.2. The van der Waals surface area contributed by atoms with Crippen molar-refractivity contribution in [2.24, 2.45) is 11.7 Å². The molecule has 2 bridgehead atoms. The second kappa shape index (κ2) is 6.37. The fourth-order valence-electron chi connectivity index (χ4n) is 4.95. The van der Waals surface area contributed by atoms with Crippen LogP contribution in [0.3, 0.4) is 0 Å². The maximum Gasteiger partial charge on any atom is 0.238 e. The molecule has 2 aliphatic rings. The van der Waals surface area contributed by atoms with Gasteiger partial charge in [-0.3, -0.25) is 9.59 Å². The van der Waals surface area contributed by atoms with Gasteiger partial charge in [0.15, 0.2) is 5.72 Å². The summed E-state index contributed by atoms with van der Waals surface area (Å²) in [7, 11) is 0. The minimum Gasteiger partial charge on any atom is -0.468 e. The highest BCUT2D eigenvalue weighted by Gasteiger charge is 2.55. The second-order valence-electron chi connectivity index (χ2n) is 8.10. The van der Waals surface area contributed by atoms with E-state index in [2.05, 4.69) is 11.1 Å². The highest BCUT2D eigenvalue weighted by molar-refractivity contribution is 6.02. The lowest BCUT2D eigenvalue weighted by atomic mass is 9.73. The van der Waals surface area contributed by atoms with Crippen LogP contribution in [0.5, 0.6) is 5.75 Å². The molecule has 148 valence electrons. The van der Waals surface area contributed by atoms with Crippen LogP contribution in [0.25, 0.3) is 10.9 Å². The Hall–Kier alpha value is -3.28. The molecule has 2 amide bonds. The molecule has 3 atom stereocenters. The number of hydrogen-bond donors (Lipinski definition) is 2. The average molecular weight is 389 g/mol. The van der Waals surface area contributed by atoms with Crippen molar-refractivity contribution in [1.82, 2.24) is 9.88 Å². The number of carbonyl (C=O) groups excluding carboxylic acids is 2. The van der Waals surface area contributed by atoms with Gasteiger partial charge in [0.1, 0.15) is 11.7 Å². The number of ether oxygens (including phenoxy) is 1. The number of aromatic nitrogens is 1. The number of amides is 2. The number of piperidine rings is 1. The van der Waals surface area contributed by atoms with Gasteiger partial charge in [-0.2, -0.15) is 0 Å². The van der Waals surface area contributed by atoms with Crippen molar-refractivity contribution in [3.8, 4) is 5.75 Å². The molecular formula is C23H23N3O3. The first kappa shape index (κ1) is 17.8. The number of H-pyrrole nitrogens is 1. The Labute approximate surface area is 168 Å². The fourth-order valence-corrected chi connectivity index (χ4v) is 4.95. The third-order valence-corrected chi connectivity index (χ3v) is 6.34. The van der Waals surface area contributed by atoms with Gasteiger partial charge in [-0.1, -0.05) is 36.4 Å². The number of rotatable bonds is 4. The normalized spacial score (nSPS) is 25.6. The third-order valence-electron chi connectivity index (χ3n) is 6.34. The number of fused-ring (bicyclic) bond motifs is 5. The van der Waals surface area contributed by atoms with E-state index in [4.69, 9.17) is 10.5 Å². The molecule has 1 fully saturated rings. The van der Waals surface area contributed by atoms with Gasteiger partial charge in [0, 0.05) is 36.0 Å². The van der Waals surface area contributed by atoms with E-state index in [1.165, 1.54) is 0 Å². The SMILES string of the molecule is C[C@@]12C[C@@H](c3ccccc3O1)[C@@H](C(N)=O)C(=O)N2CCc1c[nH]c2ccccc12. The van der Waals surface area contributed by atoms with Gasteiger partial charge >= 0.3 is 0 Å². The topological polar surface area (TPSA) is 88.4 Å². The van der Waals surface area contributed by atoms with Crippen molar-refractivity contribution in [3.05, 3.63) is 65.9 Å². The van der Waals surface area contributed by atoms with Gasteiger partial charge in [0.25, 0.3) is 0 Å². The van der Waals surface area contributed by atoms with Crippen LogP contribution >= 0.6 is 0 Å². The Morgan fingerprint density at radius 2 is 2.00 bits per heavy atom. The minimum absolute atomic E-state index is 0.245. The number of nitrogens with one attached hydrogen (secondary N) is 1. The molecule has 3 aromatic rings. The largest absolute Gasteiger partial charge is 0.468 e. The van der Waals surface area contributed by atoms with Crippen molar-refractivity contribution >= 4 is 22.7 Å². The Kier molecular flexibility index (Phi) is 3.91. The molecule has 2 aromatic carbocycles. The van der Waals surface area contributed by atoms with Gasteiger partial charge in [-0.25, -0.2) is 0 Å². The summed E-state index contributed by atoms with van der Waals surface area (Å²) < 4.78 is 6.30. The number of nitrogens with zero attached hydrogens (tertiary/aromatic N) is 1. The fraction of sp³-hybridized carbons (Fsp3) is 0.304. The molecule has 2 aliphatic heterocycles. The Balaban J connectivity index is 1.50. The van der Waals surface area contributed by atoms with Gasteiger partial charge in [-0.05, 0) is 36.6 Å². The maximum absolute atomic E-state index is 13.4. The molecule has 0 spiro atoms. The van der Waals surface area contributed by atoms with E-state index in [1.54, 1.807) is 4.90 Å². The van der Waals surface area contributed by atoms with E-state index < -0.39 is 17.6 Å². The quantitative estimate of drug-likeness (QED) is 0.673. The molecule has 0 saturated carbocycles. The van der Waals surface area contributed by atoms with Crippen molar-refractivity contribution in [3.63, 3.8) is 0 Å². The number of hydrogen-bond acceptors (Lipinski definition) is 3. The number of primary amides is 1. The van der Waals surface area contributed by atoms with Crippen LogP contribution in [-0.4, -0.2) is 34.0 Å². The van der Waals surface area contributed by atoms with Crippen LogP contribution in [0.15, 0.2) is 54.7 Å². The lowest BCUT2D eigenvalue weighted by molar-refractivity contribution is -0.175. The van der Waals surface area contributed by atoms with Crippen molar-refractivity contribution in [2.75, 3.05) is 6.54 Å². The van der Waals surface area contributed by atoms with Crippen molar-refractivity contribution < 1.29 is 14.3 Å². The Morgan fingerprint density at radius 1 is 1.24 bits per heavy atom. The van der Waals surface area contributed by atoms with Gasteiger partial charge < -0.3 is 20.4 Å². The number of nitrogens with two attached hydrogens (primary N) is 1. The zero-order valence-corrected chi connectivity index (χ0v) is 16.2. The summed E-state index contributed by atoms with van der Waals surface area (Å²) in [5, 5.41) is 1.14. The maximum atomic E-state index is 13.4. The molecule has 6 nitrogen and oxygen atoms in total. The number of carbonyl (C=O) groups is 2. The van der Waals surface area contributed by atoms with E-state index in [-0.39, 0.29) is 11.8 Å². The van der Waals surface area contributed by atoms with Crippen LogP contribution in [0, 0.1) is 5.92 Å². The minimum atomic E-state index is -0.865. The number of likely N-dealkylation sites (tertiary alicyclic amines) is 1. The highest BCUT2D eigenvalue weighted by Crippen LogP contribution is 2.50. The molecule has 0 radical (unpaired) electrons. The molecule has 6 heteroatoms. The molecule has 0 aliphatic carbocycles. The molecule has 0 unspecified atom stereocenters. The summed E-state index contributed by atoms with van der Waals surface area (Å²) in [5.41, 5.74) is 7.98. The predicted molar refractivity (Wildman–Crippen MR) is 109 cm³/mol. The first-order valence-electron chi connectivity index (χ1n) is 9.92. The lowest BCUT2D eigenvalue weighted by Crippen LogP contribution is -2.64. The molecule has 5 rings (SSSR count). The monoisotopic (exact) mass is 389 g/mol. The standard InChI is InChI=1S/C23H23N3O3/c1-23-12-17(16-7-3-5-9-19(16)29-23)20(21(24)27)22(28)26(23)11-10-14-13-25-18-8-4-2-6-15(14)18/h2-9,13,17,20,25H,10-12H2,1H3,(H2,24,27)/t17-,20-,23-/m0/s1.